The molecule has 0 fully saturated rings. The largest absolute Gasteiger partial charge is 0.573 e. The molecule has 0 saturated carbocycles. The molecule has 10 heteroatoms. The van der Waals surface area contributed by atoms with E-state index in [0.717, 1.165) is 28.8 Å². The maximum atomic E-state index is 12.3. The standard InChI is InChI=1S/C17H15F3N4O2S/c1-2-27-15-6-3-10(9-21)7-14(15)23-24-16(25)12-8-11(4-5-13(12)22)26-17(18,19)20/h3-8,23H,2,22H2,1H3,(H,24,25). The van der Waals surface area contributed by atoms with Crippen LogP contribution in [0.4, 0.5) is 24.5 Å². The van der Waals surface area contributed by atoms with Crippen LogP contribution in [0.15, 0.2) is 41.3 Å². The van der Waals surface area contributed by atoms with Crippen molar-refractivity contribution in [3.05, 3.63) is 47.5 Å². The van der Waals surface area contributed by atoms with Crippen molar-refractivity contribution in [1.82, 2.24) is 5.43 Å². The second-order valence-corrected chi connectivity index (χ2v) is 6.44. The summed E-state index contributed by atoms with van der Waals surface area (Å²) in [4.78, 5) is 13.1. The lowest BCUT2D eigenvalue weighted by atomic mass is 10.1. The summed E-state index contributed by atoms with van der Waals surface area (Å²) in [5, 5.41) is 9.00. The number of halogens is 3. The molecular formula is C17H15F3N4O2S. The Hall–Kier alpha value is -3.06. The van der Waals surface area contributed by atoms with E-state index in [1.807, 2.05) is 13.0 Å². The molecule has 0 aliphatic rings. The average Bonchev–Trinajstić information content (AvgIpc) is 2.61. The second kappa shape index (κ2) is 8.55. The number of carbonyl (C=O) groups excluding carboxylic acids is 1. The predicted octanol–water partition coefficient (Wildman–Crippen LogP) is 3.91. The number of nitriles is 1. The van der Waals surface area contributed by atoms with Crippen LogP contribution in [0.2, 0.25) is 0 Å². The Labute approximate surface area is 157 Å². The normalized spacial score (nSPS) is 10.8. The number of nitrogen functional groups attached to an aromatic ring is 1. The van der Waals surface area contributed by atoms with Crippen LogP contribution in [0.3, 0.4) is 0 Å². The molecule has 0 spiro atoms. The summed E-state index contributed by atoms with van der Waals surface area (Å²) >= 11 is 1.49. The number of nitrogens with zero attached hydrogens (tertiary/aromatic N) is 1. The highest BCUT2D eigenvalue weighted by molar-refractivity contribution is 7.99. The number of benzene rings is 2. The summed E-state index contributed by atoms with van der Waals surface area (Å²) in [6, 6.07) is 9.96. The van der Waals surface area contributed by atoms with Crippen molar-refractivity contribution in [2.24, 2.45) is 0 Å². The van der Waals surface area contributed by atoms with Crippen LogP contribution in [0, 0.1) is 11.3 Å². The molecule has 0 aliphatic heterocycles. The number of nitrogens with one attached hydrogen (secondary N) is 2. The van der Waals surface area contributed by atoms with E-state index in [2.05, 4.69) is 15.6 Å². The van der Waals surface area contributed by atoms with Crippen molar-refractivity contribution in [1.29, 1.82) is 5.26 Å². The van der Waals surface area contributed by atoms with Gasteiger partial charge in [0.1, 0.15) is 5.75 Å². The quantitative estimate of drug-likeness (QED) is 0.389. The van der Waals surface area contributed by atoms with E-state index >= 15 is 0 Å². The number of amides is 1. The minimum absolute atomic E-state index is 0.0160. The van der Waals surface area contributed by atoms with Crippen molar-refractivity contribution in [2.75, 3.05) is 16.9 Å². The smallest absolute Gasteiger partial charge is 0.406 e. The van der Waals surface area contributed by atoms with Gasteiger partial charge in [-0.05, 0) is 42.2 Å². The van der Waals surface area contributed by atoms with Crippen LogP contribution in [0.1, 0.15) is 22.8 Å². The van der Waals surface area contributed by atoms with Gasteiger partial charge >= 0.3 is 6.36 Å². The minimum atomic E-state index is -4.88. The maximum Gasteiger partial charge on any atom is 0.573 e. The van der Waals surface area contributed by atoms with Crippen molar-refractivity contribution in [2.45, 2.75) is 18.2 Å². The number of nitrogens with two attached hydrogens (primary N) is 1. The molecule has 0 heterocycles. The summed E-state index contributed by atoms with van der Waals surface area (Å²) < 4.78 is 40.8. The topological polar surface area (TPSA) is 100 Å². The number of hydrogen-bond donors (Lipinski definition) is 3. The Morgan fingerprint density at radius 2 is 2.04 bits per heavy atom. The van der Waals surface area contributed by atoms with Gasteiger partial charge in [-0.15, -0.1) is 24.9 Å². The van der Waals surface area contributed by atoms with Crippen LogP contribution in [0.25, 0.3) is 0 Å². The van der Waals surface area contributed by atoms with Crippen LogP contribution >= 0.6 is 11.8 Å². The number of anilines is 2. The second-order valence-electron chi connectivity index (χ2n) is 5.13. The number of ether oxygens (including phenoxy) is 1. The molecule has 6 nitrogen and oxygen atoms in total. The van der Waals surface area contributed by atoms with E-state index in [4.69, 9.17) is 11.0 Å². The number of hydrazine groups is 1. The molecule has 4 N–H and O–H groups in total. The first-order valence-corrected chi connectivity index (χ1v) is 8.60. The van der Waals surface area contributed by atoms with Gasteiger partial charge in [-0.3, -0.25) is 15.6 Å². The summed E-state index contributed by atoms with van der Waals surface area (Å²) in [7, 11) is 0. The van der Waals surface area contributed by atoms with Gasteiger partial charge < -0.3 is 10.5 Å². The van der Waals surface area contributed by atoms with E-state index in [-0.39, 0.29) is 11.3 Å². The summed E-state index contributed by atoms with van der Waals surface area (Å²) in [6.07, 6.45) is -4.88. The lowest BCUT2D eigenvalue weighted by Gasteiger charge is -2.15. The molecule has 0 atom stereocenters. The Morgan fingerprint density at radius 3 is 2.67 bits per heavy atom. The Balaban J connectivity index is 2.19. The van der Waals surface area contributed by atoms with E-state index in [1.165, 1.54) is 11.8 Å². The first kappa shape index (κ1) is 20.3. The first-order valence-electron chi connectivity index (χ1n) is 7.62. The van der Waals surface area contributed by atoms with Gasteiger partial charge in [-0.2, -0.15) is 5.26 Å². The Morgan fingerprint density at radius 1 is 1.30 bits per heavy atom. The van der Waals surface area contributed by atoms with Gasteiger partial charge in [0.25, 0.3) is 5.91 Å². The van der Waals surface area contributed by atoms with Crippen molar-refractivity contribution < 1.29 is 22.7 Å². The van der Waals surface area contributed by atoms with E-state index in [9.17, 15) is 18.0 Å². The molecule has 2 aromatic carbocycles. The summed E-state index contributed by atoms with van der Waals surface area (Å²) in [5.41, 5.74) is 11.4. The van der Waals surface area contributed by atoms with Gasteiger partial charge in [-0.25, -0.2) is 0 Å². The Kier molecular flexibility index (Phi) is 6.41. The van der Waals surface area contributed by atoms with Crippen LogP contribution in [0.5, 0.6) is 5.75 Å². The van der Waals surface area contributed by atoms with Crippen molar-refractivity contribution >= 4 is 29.0 Å². The Bertz CT molecular complexity index is 881. The highest BCUT2D eigenvalue weighted by atomic mass is 32.2. The molecule has 0 unspecified atom stereocenters. The number of rotatable bonds is 6. The van der Waals surface area contributed by atoms with Gasteiger partial charge in [0.2, 0.25) is 0 Å². The molecule has 27 heavy (non-hydrogen) atoms. The van der Waals surface area contributed by atoms with Crippen LogP contribution < -0.4 is 21.3 Å². The number of carbonyl (C=O) groups is 1. The summed E-state index contributed by atoms with van der Waals surface area (Å²) in [6.45, 7) is 1.94. The van der Waals surface area contributed by atoms with Crippen molar-refractivity contribution in [3.8, 4) is 11.8 Å². The molecule has 2 aromatic rings. The molecule has 0 bridgehead atoms. The zero-order chi connectivity index (χ0) is 20.0. The lowest BCUT2D eigenvalue weighted by molar-refractivity contribution is -0.274. The average molecular weight is 396 g/mol. The van der Waals surface area contributed by atoms with Crippen molar-refractivity contribution in [3.63, 3.8) is 0 Å². The number of hydrogen-bond acceptors (Lipinski definition) is 6. The molecule has 1 amide bonds. The molecule has 2 rings (SSSR count). The minimum Gasteiger partial charge on any atom is -0.406 e. The highest BCUT2D eigenvalue weighted by Crippen LogP contribution is 2.28. The third kappa shape index (κ3) is 5.72. The SMILES string of the molecule is CCSc1ccc(C#N)cc1NNC(=O)c1cc(OC(F)(F)F)ccc1N. The molecule has 0 saturated heterocycles. The molecule has 142 valence electrons. The summed E-state index contributed by atoms with van der Waals surface area (Å²) in [5.74, 6) is -0.552. The lowest BCUT2D eigenvalue weighted by Crippen LogP contribution is -2.30. The van der Waals surface area contributed by atoms with E-state index in [1.54, 1.807) is 18.2 Å². The molecular weight excluding hydrogens is 381 g/mol. The van der Waals surface area contributed by atoms with Gasteiger partial charge in [-0.1, -0.05) is 6.92 Å². The first-order chi connectivity index (χ1) is 12.7. The number of thioether (sulfide) groups is 1. The zero-order valence-corrected chi connectivity index (χ0v) is 14.9. The van der Waals surface area contributed by atoms with Crippen LogP contribution in [-0.4, -0.2) is 18.0 Å². The molecule has 0 radical (unpaired) electrons. The van der Waals surface area contributed by atoms with Crippen LogP contribution in [-0.2, 0) is 0 Å². The van der Waals surface area contributed by atoms with E-state index < -0.39 is 18.0 Å². The fourth-order valence-corrected chi connectivity index (χ4v) is 2.84. The fourth-order valence-electron chi connectivity index (χ4n) is 2.10. The predicted molar refractivity (Wildman–Crippen MR) is 96.2 cm³/mol. The third-order valence-electron chi connectivity index (χ3n) is 3.22. The highest BCUT2D eigenvalue weighted by Gasteiger charge is 2.31. The molecule has 0 aliphatic carbocycles. The molecule has 0 aromatic heterocycles. The zero-order valence-electron chi connectivity index (χ0n) is 14.1. The van der Waals surface area contributed by atoms with Gasteiger partial charge in [0.05, 0.1) is 22.9 Å². The monoisotopic (exact) mass is 396 g/mol. The van der Waals surface area contributed by atoms with Gasteiger partial charge in [0, 0.05) is 10.6 Å². The third-order valence-corrected chi connectivity index (χ3v) is 4.18. The van der Waals surface area contributed by atoms with E-state index in [0.29, 0.717) is 11.3 Å². The number of alkyl halides is 3. The van der Waals surface area contributed by atoms with Gasteiger partial charge in [0.15, 0.2) is 0 Å². The maximum absolute atomic E-state index is 12.3. The fraction of sp³-hybridized carbons (Fsp3) is 0.176.